The van der Waals surface area contributed by atoms with Crippen molar-refractivity contribution in [2.45, 2.75) is 65.6 Å². The van der Waals surface area contributed by atoms with E-state index >= 15 is 0 Å². The van der Waals surface area contributed by atoms with Gasteiger partial charge in [0.2, 0.25) is 0 Å². The maximum Gasteiger partial charge on any atom is 0.410 e. The van der Waals surface area contributed by atoms with Crippen molar-refractivity contribution >= 4 is 12.1 Å². The summed E-state index contributed by atoms with van der Waals surface area (Å²) in [7, 11) is 1.37. The minimum atomic E-state index is -0.712. The van der Waals surface area contributed by atoms with Crippen LogP contribution < -0.4 is 0 Å². The molecular formula is C17H31NO5. The van der Waals surface area contributed by atoms with Gasteiger partial charge < -0.3 is 19.1 Å². The molecule has 6 nitrogen and oxygen atoms in total. The monoisotopic (exact) mass is 329 g/mol. The fourth-order valence-corrected chi connectivity index (χ4v) is 2.50. The Morgan fingerprint density at radius 1 is 1.17 bits per heavy atom. The summed E-state index contributed by atoms with van der Waals surface area (Å²) >= 11 is 0. The summed E-state index contributed by atoms with van der Waals surface area (Å²) in [6.07, 6.45) is 1.19. The molecule has 0 aromatic carbocycles. The van der Waals surface area contributed by atoms with Crippen molar-refractivity contribution in [3.05, 3.63) is 0 Å². The third-order valence-electron chi connectivity index (χ3n) is 4.09. The van der Waals surface area contributed by atoms with Crippen molar-refractivity contribution in [3.63, 3.8) is 0 Å². The van der Waals surface area contributed by atoms with Crippen molar-refractivity contribution in [1.29, 1.82) is 0 Å². The number of amides is 1. The summed E-state index contributed by atoms with van der Waals surface area (Å²) in [6.45, 7) is 12.5. The van der Waals surface area contributed by atoms with E-state index in [2.05, 4.69) is 0 Å². The van der Waals surface area contributed by atoms with Gasteiger partial charge in [-0.05, 0) is 47.5 Å². The molecule has 0 aromatic rings. The first kappa shape index (κ1) is 19.7. The SMILES string of the molecule is CCC1(OCC(C)(C)C(=O)OC)CCN(C(=O)OC(C)(C)C)C1. The molecule has 1 atom stereocenters. The first-order chi connectivity index (χ1) is 10.4. The van der Waals surface area contributed by atoms with Gasteiger partial charge in [-0.3, -0.25) is 4.79 Å². The van der Waals surface area contributed by atoms with Crippen LogP contribution in [0.3, 0.4) is 0 Å². The Balaban J connectivity index is 2.67. The number of methoxy groups -OCH3 is 1. The molecule has 0 radical (unpaired) electrons. The predicted molar refractivity (Wildman–Crippen MR) is 87.2 cm³/mol. The summed E-state index contributed by atoms with van der Waals surface area (Å²) in [6, 6.07) is 0. The molecule has 1 saturated heterocycles. The Labute approximate surface area is 139 Å². The Bertz CT molecular complexity index is 441. The Morgan fingerprint density at radius 3 is 2.26 bits per heavy atom. The molecule has 0 aromatic heterocycles. The molecule has 1 heterocycles. The Hall–Kier alpha value is -1.30. The van der Waals surface area contributed by atoms with Gasteiger partial charge in [0, 0.05) is 6.54 Å². The van der Waals surface area contributed by atoms with Crippen LogP contribution in [-0.4, -0.2) is 55.0 Å². The average Bonchev–Trinajstić information content (AvgIpc) is 2.88. The fraction of sp³-hybridized carbons (Fsp3) is 0.882. The summed E-state index contributed by atoms with van der Waals surface area (Å²) in [5.41, 5.74) is -1.65. The zero-order valence-corrected chi connectivity index (χ0v) is 15.5. The minimum absolute atomic E-state index is 0.260. The number of nitrogens with zero attached hydrogens (tertiary/aromatic N) is 1. The van der Waals surface area contributed by atoms with Crippen molar-refractivity contribution in [2.75, 3.05) is 26.8 Å². The van der Waals surface area contributed by atoms with Gasteiger partial charge in [0.25, 0.3) is 0 Å². The molecule has 23 heavy (non-hydrogen) atoms. The van der Waals surface area contributed by atoms with Gasteiger partial charge in [0.15, 0.2) is 0 Å². The zero-order chi connectivity index (χ0) is 17.9. The number of hydrogen-bond acceptors (Lipinski definition) is 5. The van der Waals surface area contributed by atoms with Gasteiger partial charge in [0.05, 0.1) is 31.3 Å². The quantitative estimate of drug-likeness (QED) is 0.726. The van der Waals surface area contributed by atoms with Crippen LogP contribution in [0, 0.1) is 5.41 Å². The molecule has 1 rings (SSSR count). The standard InChI is InChI=1S/C17H31NO5/c1-8-17(22-12-16(5,6)13(19)21-7)9-10-18(11-17)14(20)23-15(2,3)4/h8-12H2,1-7H3. The molecule has 0 bridgehead atoms. The van der Waals surface area contributed by atoms with E-state index in [4.69, 9.17) is 14.2 Å². The summed E-state index contributed by atoms with van der Waals surface area (Å²) in [5, 5.41) is 0. The molecule has 1 aliphatic rings. The number of hydrogen-bond donors (Lipinski definition) is 0. The highest BCUT2D eigenvalue weighted by Crippen LogP contribution is 2.32. The van der Waals surface area contributed by atoms with Crippen LogP contribution in [0.1, 0.15) is 54.4 Å². The number of rotatable bonds is 5. The van der Waals surface area contributed by atoms with Crippen molar-refractivity contribution in [3.8, 4) is 0 Å². The van der Waals surface area contributed by atoms with Gasteiger partial charge in [0.1, 0.15) is 5.60 Å². The number of carbonyl (C=O) groups excluding carboxylic acids is 2. The van der Waals surface area contributed by atoms with Crippen LogP contribution in [-0.2, 0) is 19.0 Å². The van der Waals surface area contributed by atoms with Gasteiger partial charge in [-0.1, -0.05) is 6.92 Å². The van der Waals surface area contributed by atoms with Crippen LogP contribution in [0.2, 0.25) is 0 Å². The summed E-state index contributed by atoms with van der Waals surface area (Å²) < 4.78 is 16.3. The number of ether oxygens (including phenoxy) is 3. The summed E-state index contributed by atoms with van der Waals surface area (Å²) in [5.74, 6) is -0.300. The van der Waals surface area contributed by atoms with Crippen LogP contribution in [0.5, 0.6) is 0 Å². The van der Waals surface area contributed by atoms with Gasteiger partial charge in [-0.25, -0.2) is 4.79 Å². The third-order valence-corrected chi connectivity index (χ3v) is 4.09. The maximum atomic E-state index is 12.2. The van der Waals surface area contributed by atoms with Crippen molar-refractivity contribution in [1.82, 2.24) is 4.90 Å². The second kappa shape index (κ2) is 7.07. The highest BCUT2D eigenvalue weighted by Gasteiger charge is 2.43. The predicted octanol–water partition coefficient (Wildman–Crippen LogP) is 2.99. The van der Waals surface area contributed by atoms with E-state index in [0.717, 1.165) is 12.8 Å². The van der Waals surface area contributed by atoms with Gasteiger partial charge in [-0.2, -0.15) is 0 Å². The molecule has 0 spiro atoms. The van der Waals surface area contributed by atoms with E-state index in [1.807, 2.05) is 27.7 Å². The zero-order valence-electron chi connectivity index (χ0n) is 15.5. The molecule has 0 aliphatic carbocycles. The lowest BCUT2D eigenvalue weighted by molar-refractivity contribution is -0.159. The first-order valence-corrected chi connectivity index (χ1v) is 8.15. The second-order valence-electron chi connectivity index (χ2n) is 7.85. The van der Waals surface area contributed by atoms with E-state index in [1.54, 1.807) is 18.7 Å². The van der Waals surface area contributed by atoms with Crippen molar-refractivity contribution in [2.24, 2.45) is 5.41 Å². The molecule has 1 fully saturated rings. The highest BCUT2D eigenvalue weighted by atomic mass is 16.6. The Morgan fingerprint density at radius 2 is 1.78 bits per heavy atom. The van der Waals surface area contributed by atoms with E-state index in [-0.39, 0.29) is 18.7 Å². The van der Waals surface area contributed by atoms with Gasteiger partial charge in [-0.15, -0.1) is 0 Å². The minimum Gasteiger partial charge on any atom is -0.469 e. The molecule has 134 valence electrons. The van der Waals surface area contributed by atoms with E-state index in [0.29, 0.717) is 13.1 Å². The highest BCUT2D eigenvalue weighted by molar-refractivity contribution is 5.75. The van der Waals surface area contributed by atoms with Crippen LogP contribution in [0.15, 0.2) is 0 Å². The molecule has 1 unspecified atom stereocenters. The topological polar surface area (TPSA) is 65.1 Å². The Kier molecular flexibility index (Phi) is 6.07. The lowest BCUT2D eigenvalue weighted by Gasteiger charge is -2.32. The van der Waals surface area contributed by atoms with Gasteiger partial charge >= 0.3 is 12.1 Å². The molecule has 1 amide bonds. The normalized spacial score (nSPS) is 22.1. The van der Waals surface area contributed by atoms with E-state index in [1.165, 1.54) is 7.11 Å². The molecular weight excluding hydrogens is 298 g/mol. The average molecular weight is 329 g/mol. The number of carbonyl (C=O) groups is 2. The lowest BCUT2D eigenvalue weighted by Crippen LogP contribution is -2.43. The van der Waals surface area contributed by atoms with Crippen LogP contribution in [0.25, 0.3) is 0 Å². The third kappa shape index (κ3) is 5.37. The van der Waals surface area contributed by atoms with E-state index < -0.39 is 16.6 Å². The second-order valence-corrected chi connectivity index (χ2v) is 7.85. The first-order valence-electron chi connectivity index (χ1n) is 8.15. The number of esters is 1. The summed E-state index contributed by atoms with van der Waals surface area (Å²) in [4.78, 5) is 25.6. The lowest BCUT2D eigenvalue weighted by atomic mass is 9.93. The molecule has 0 N–H and O–H groups in total. The van der Waals surface area contributed by atoms with Crippen LogP contribution in [0.4, 0.5) is 4.79 Å². The molecule has 1 aliphatic heterocycles. The molecule has 6 heteroatoms. The largest absolute Gasteiger partial charge is 0.469 e. The van der Waals surface area contributed by atoms with E-state index in [9.17, 15) is 9.59 Å². The fourth-order valence-electron chi connectivity index (χ4n) is 2.50. The van der Waals surface area contributed by atoms with Crippen LogP contribution >= 0.6 is 0 Å². The smallest absolute Gasteiger partial charge is 0.410 e. The number of likely N-dealkylation sites (tertiary alicyclic amines) is 1. The molecule has 0 saturated carbocycles. The van der Waals surface area contributed by atoms with Crippen molar-refractivity contribution < 1.29 is 23.8 Å². The maximum absolute atomic E-state index is 12.2.